The van der Waals surface area contributed by atoms with Gasteiger partial charge in [0.1, 0.15) is 24.2 Å². The highest BCUT2D eigenvalue weighted by atomic mass is 31.2. The Hall–Kier alpha value is -4.56. The zero-order valence-corrected chi connectivity index (χ0v) is 32.4. The van der Waals surface area contributed by atoms with E-state index in [1.807, 2.05) is 44.2 Å². The first-order valence-electron chi connectivity index (χ1n) is 17.7. The number of primary amides is 1. The van der Waals surface area contributed by atoms with Crippen LogP contribution in [0.5, 0.6) is 0 Å². The number of hydrazine groups is 1. The molecule has 0 saturated heterocycles. The molecule has 0 spiro atoms. The van der Waals surface area contributed by atoms with E-state index in [-0.39, 0.29) is 31.2 Å². The maximum Gasteiger partial charge on any atom is 0.469 e. The molecule has 0 aliphatic heterocycles. The van der Waals surface area contributed by atoms with Crippen LogP contribution >= 0.6 is 7.82 Å². The first kappa shape index (κ1) is 46.6. The van der Waals surface area contributed by atoms with Gasteiger partial charge in [0.2, 0.25) is 29.5 Å². The molecule has 1 aromatic carbocycles. The summed E-state index contributed by atoms with van der Waals surface area (Å²) in [5.74, 6) is 1.88. The van der Waals surface area contributed by atoms with E-state index in [0.29, 0.717) is 18.7 Å². The van der Waals surface area contributed by atoms with Gasteiger partial charge in [0, 0.05) is 44.5 Å². The molecule has 0 aliphatic rings. The largest absolute Gasteiger partial charge is 0.469 e. The summed E-state index contributed by atoms with van der Waals surface area (Å²) < 4.78 is 15.7. The lowest BCUT2D eigenvalue weighted by Crippen LogP contribution is -2.60. The smallest absolute Gasteiger partial charge is 0.394 e. The fourth-order valence-corrected chi connectivity index (χ4v) is 6.09. The number of hydrogen-bond donors (Lipinski definition) is 10. The van der Waals surface area contributed by atoms with E-state index in [1.165, 1.54) is 18.1 Å². The van der Waals surface area contributed by atoms with Crippen LogP contribution in [-0.2, 0) is 45.9 Å². The van der Waals surface area contributed by atoms with E-state index in [9.17, 15) is 33.6 Å². The van der Waals surface area contributed by atoms with Crippen molar-refractivity contribution in [3.8, 4) is 0 Å². The van der Waals surface area contributed by atoms with Crippen molar-refractivity contribution in [3.63, 3.8) is 0 Å². The summed E-state index contributed by atoms with van der Waals surface area (Å²) in [6, 6.07) is 3.74. The normalized spacial score (nSPS) is 15.2. The van der Waals surface area contributed by atoms with Crippen LogP contribution in [0.1, 0.15) is 57.7 Å². The van der Waals surface area contributed by atoms with Crippen molar-refractivity contribution in [1.29, 1.82) is 0 Å². The SMILES string of the molecule is CN=CC(CCC(=O)NC(CC(C)C)C(=O)NC(Cc1cnc[nH]1)C(=O)NC(CO)C(=O)NC(C(N)=O)C(C)OP(=O)(O)O)N(N)CCCc1ccccc1. The minimum Gasteiger partial charge on any atom is -0.394 e. The number of amides is 5. The van der Waals surface area contributed by atoms with E-state index < -0.39 is 74.2 Å². The topological polar surface area (TPSA) is 317 Å². The van der Waals surface area contributed by atoms with Gasteiger partial charge in [-0.1, -0.05) is 44.2 Å². The zero-order valence-electron chi connectivity index (χ0n) is 31.5. The molecule has 6 unspecified atom stereocenters. The summed E-state index contributed by atoms with van der Waals surface area (Å²) in [6.07, 6.45) is 4.85. The number of phosphoric ester groups is 1. The Bertz CT molecular complexity index is 1590. The number of nitrogens with two attached hydrogens (primary N) is 2. The third kappa shape index (κ3) is 17.6. The quantitative estimate of drug-likeness (QED) is 0.0239. The molecule has 0 bridgehead atoms. The molecule has 306 valence electrons. The van der Waals surface area contributed by atoms with Gasteiger partial charge in [0.05, 0.1) is 25.1 Å². The molecular formula is C34H55N10O10P. The number of hydrogen-bond acceptors (Lipinski definition) is 12. The number of aliphatic hydroxyl groups is 1. The summed E-state index contributed by atoms with van der Waals surface area (Å²) in [5.41, 5.74) is 6.89. The van der Waals surface area contributed by atoms with Gasteiger partial charge in [-0.2, -0.15) is 0 Å². The molecule has 55 heavy (non-hydrogen) atoms. The van der Waals surface area contributed by atoms with Gasteiger partial charge in [0.15, 0.2) is 0 Å². The Morgan fingerprint density at radius 2 is 1.64 bits per heavy atom. The number of rotatable bonds is 25. The fourth-order valence-electron chi connectivity index (χ4n) is 5.54. The lowest BCUT2D eigenvalue weighted by atomic mass is 10.0. The summed E-state index contributed by atoms with van der Waals surface area (Å²) >= 11 is 0. The van der Waals surface area contributed by atoms with E-state index >= 15 is 0 Å². The second kappa shape index (κ2) is 23.4. The number of carbonyl (C=O) groups excluding carboxylic acids is 5. The highest BCUT2D eigenvalue weighted by Crippen LogP contribution is 2.38. The number of nitrogens with zero attached hydrogens (tertiary/aromatic N) is 3. The molecule has 12 N–H and O–H groups in total. The first-order valence-corrected chi connectivity index (χ1v) is 19.3. The minimum absolute atomic E-state index is 0.0143. The maximum absolute atomic E-state index is 13.7. The Kier molecular flexibility index (Phi) is 19.8. The van der Waals surface area contributed by atoms with Crippen molar-refractivity contribution in [2.24, 2.45) is 22.5 Å². The van der Waals surface area contributed by atoms with E-state index in [2.05, 4.69) is 40.8 Å². The van der Waals surface area contributed by atoms with Crippen molar-refractivity contribution >= 4 is 43.6 Å². The summed E-state index contributed by atoms with van der Waals surface area (Å²) in [6.45, 7) is 4.35. The highest BCUT2D eigenvalue weighted by molar-refractivity contribution is 7.46. The molecule has 2 aromatic rings. The van der Waals surface area contributed by atoms with Crippen LogP contribution < -0.4 is 32.8 Å². The number of aliphatic imine (C=N–C) groups is 1. The summed E-state index contributed by atoms with van der Waals surface area (Å²) in [5, 5.41) is 21.4. The highest BCUT2D eigenvalue weighted by Gasteiger charge is 2.35. The second-order valence-electron chi connectivity index (χ2n) is 13.4. The lowest BCUT2D eigenvalue weighted by Gasteiger charge is -2.27. The van der Waals surface area contributed by atoms with Crippen LogP contribution in [0.3, 0.4) is 0 Å². The van der Waals surface area contributed by atoms with Crippen molar-refractivity contribution in [2.75, 3.05) is 20.2 Å². The molecule has 1 aromatic heterocycles. The number of phosphoric acid groups is 1. The number of imidazole rings is 1. The van der Waals surface area contributed by atoms with Gasteiger partial charge in [-0.15, -0.1) is 0 Å². The predicted octanol–water partition coefficient (Wildman–Crippen LogP) is -1.43. The Labute approximate surface area is 319 Å². The lowest BCUT2D eigenvalue weighted by molar-refractivity contribution is -0.135. The average molecular weight is 795 g/mol. The van der Waals surface area contributed by atoms with Gasteiger partial charge < -0.3 is 46.9 Å². The number of benzene rings is 1. The van der Waals surface area contributed by atoms with E-state index in [1.54, 1.807) is 18.3 Å². The molecule has 1 heterocycles. The van der Waals surface area contributed by atoms with Crippen molar-refractivity contribution < 1.29 is 48.0 Å². The van der Waals surface area contributed by atoms with Gasteiger partial charge >= 0.3 is 7.82 Å². The Morgan fingerprint density at radius 1 is 1.00 bits per heavy atom. The van der Waals surface area contributed by atoms with Crippen LogP contribution in [0.2, 0.25) is 0 Å². The predicted molar refractivity (Wildman–Crippen MR) is 201 cm³/mol. The van der Waals surface area contributed by atoms with Gasteiger partial charge in [-0.25, -0.2) is 14.6 Å². The summed E-state index contributed by atoms with van der Waals surface area (Å²) in [7, 11) is -3.47. The molecule has 21 heteroatoms. The molecule has 20 nitrogen and oxygen atoms in total. The standard InChI is InChI=1S/C34H55N10O10P/c1-21(2)15-26(40-29(46)13-12-25(18-37-4)44(36)14-8-11-23-9-6-5-7-10-23)32(48)41-27(16-24-17-38-20-39-24)33(49)42-28(19-45)34(50)43-30(31(35)47)22(3)54-55(51,52)53/h5-7,9-10,17-18,20-22,25-28,30,45H,8,11-16,19,36H2,1-4H3,(H2,35,47)(H,38,39)(H,40,46)(H,41,48)(H,42,49)(H,43,50)(H2,51,52,53). The third-order valence-corrected chi connectivity index (χ3v) is 8.91. The number of aromatic nitrogens is 2. The van der Waals surface area contributed by atoms with Crippen molar-refractivity contribution in [2.45, 2.75) is 95.6 Å². The Morgan fingerprint density at radius 3 is 2.20 bits per heavy atom. The second-order valence-corrected chi connectivity index (χ2v) is 14.6. The van der Waals surface area contributed by atoms with Crippen LogP contribution in [-0.4, -0.2) is 122 Å². The number of carbonyl (C=O) groups is 5. The maximum atomic E-state index is 13.7. The average Bonchev–Trinajstić information content (AvgIpc) is 3.63. The van der Waals surface area contributed by atoms with E-state index in [0.717, 1.165) is 19.8 Å². The molecule has 0 radical (unpaired) electrons. The number of aliphatic hydroxyl groups excluding tert-OH is 1. The molecule has 6 atom stereocenters. The monoisotopic (exact) mass is 794 g/mol. The molecule has 2 rings (SSSR count). The van der Waals surface area contributed by atoms with Crippen molar-refractivity contribution in [3.05, 3.63) is 54.1 Å². The minimum atomic E-state index is -5.09. The third-order valence-electron chi connectivity index (χ3n) is 8.30. The number of aromatic amines is 1. The van der Waals surface area contributed by atoms with Crippen LogP contribution in [0, 0.1) is 5.92 Å². The van der Waals surface area contributed by atoms with Crippen LogP contribution in [0.25, 0.3) is 0 Å². The van der Waals surface area contributed by atoms with Gasteiger partial charge in [0.25, 0.3) is 0 Å². The van der Waals surface area contributed by atoms with Crippen molar-refractivity contribution in [1.82, 2.24) is 36.2 Å². The zero-order chi connectivity index (χ0) is 41.1. The molecular weight excluding hydrogens is 739 g/mol. The van der Waals surface area contributed by atoms with Crippen LogP contribution in [0.4, 0.5) is 0 Å². The molecule has 0 fully saturated rings. The van der Waals surface area contributed by atoms with Gasteiger partial charge in [-0.05, 0) is 44.1 Å². The molecule has 0 aliphatic carbocycles. The van der Waals surface area contributed by atoms with E-state index in [4.69, 9.17) is 21.4 Å². The molecule has 5 amide bonds. The summed E-state index contributed by atoms with van der Waals surface area (Å²) in [4.78, 5) is 94.5. The fraction of sp³-hybridized carbons (Fsp3) is 0.559. The number of H-pyrrole nitrogens is 1. The number of aryl methyl sites for hydroxylation is 1. The first-order chi connectivity index (χ1) is 25.9. The Balaban J connectivity index is 2.13. The van der Waals surface area contributed by atoms with Gasteiger partial charge in [-0.3, -0.25) is 39.3 Å². The number of nitrogens with one attached hydrogen (secondary N) is 5. The van der Waals surface area contributed by atoms with Crippen LogP contribution in [0.15, 0.2) is 47.8 Å². The molecule has 0 saturated carbocycles.